The minimum absolute atomic E-state index is 0.0924. The van der Waals surface area contributed by atoms with Gasteiger partial charge in [-0.15, -0.1) is 0 Å². The Morgan fingerprint density at radius 3 is 2.53 bits per heavy atom. The second-order valence-corrected chi connectivity index (χ2v) is 4.77. The molecule has 0 bridgehead atoms. The molecule has 1 rings (SSSR count). The summed E-state index contributed by atoms with van der Waals surface area (Å²) in [6.45, 7) is 7.61. The van der Waals surface area contributed by atoms with E-state index < -0.39 is 12.0 Å². The predicted octanol–water partition coefficient (Wildman–Crippen LogP) is 1.85. The van der Waals surface area contributed by atoms with Gasteiger partial charge in [-0.25, -0.2) is 9.78 Å². The van der Waals surface area contributed by atoms with Gasteiger partial charge in [-0.05, 0) is 20.3 Å². The van der Waals surface area contributed by atoms with Crippen molar-refractivity contribution in [2.24, 2.45) is 0 Å². The van der Waals surface area contributed by atoms with Crippen LogP contribution in [-0.4, -0.2) is 38.0 Å². The summed E-state index contributed by atoms with van der Waals surface area (Å²) < 4.78 is 1.78. The van der Waals surface area contributed by atoms with Gasteiger partial charge in [-0.2, -0.15) is 0 Å². The maximum Gasteiger partial charge on any atom is 0.332 e. The number of hydrogen-bond acceptors (Lipinski definition) is 3. The quantitative estimate of drug-likeness (QED) is 0.853. The molecule has 1 amide bonds. The van der Waals surface area contributed by atoms with Gasteiger partial charge < -0.3 is 14.6 Å². The highest BCUT2D eigenvalue weighted by molar-refractivity contribution is 5.83. The molecule has 0 saturated carbocycles. The molecule has 1 N–H and O–H groups in total. The molecule has 1 aromatic rings. The summed E-state index contributed by atoms with van der Waals surface area (Å²) in [6, 6.07) is -0.892. The first-order chi connectivity index (χ1) is 8.90. The smallest absolute Gasteiger partial charge is 0.332 e. The van der Waals surface area contributed by atoms with E-state index in [0.717, 1.165) is 0 Å². The third-order valence-corrected chi connectivity index (χ3v) is 2.95. The summed E-state index contributed by atoms with van der Waals surface area (Å²) in [4.78, 5) is 28.6. The lowest BCUT2D eigenvalue weighted by atomic mass is 10.1. The number of carboxylic acid groups (broad SMARTS) is 1. The zero-order chi connectivity index (χ0) is 14.6. The minimum Gasteiger partial charge on any atom is -0.479 e. The summed E-state index contributed by atoms with van der Waals surface area (Å²) >= 11 is 0. The summed E-state index contributed by atoms with van der Waals surface area (Å²) in [6.07, 6.45) is 3.82. The summed E-state index contributed by atoms with van der Waals surface area (Å²) in [7, 11) is 0. The van der Waals surface area contributed by atoms with Crippen molar-refractivity contribution >= 4 is 11.9 Å². The fourth-order valence-corrected chi connectivity index (χ4v) is 2.09. The van der Waals surface area contributed by atoms with Crippen molar-refractivity contribution in [1.29, 1.82) is 0 Å². The molecule has 19 heavy (non-hydrogen) atoms. The number of carboxylic acids is 1. The molecule has 6 nitrogen and oxygen atoms in total. The van der Waals surface area contributed by atoms with Crippen molar-refractivity contribution in [3.63, 3.8) is 0 Å². The highest BCUT2D eigenvalue weighted by Crippen LogP contribution is 2.24. The van der Waals surface area contributed by atoms with Gasteiger partial charge >= 0.3 is 5.97 Å². The number of rotatable bonds is 6. The molecule has 0 spiro atoms. The van der Waals surface area contributed by atoms with Gasteiger partial charge in [0.1, 0.15) is 0 Å². The fourth-order valence-electron chi connectivity index (χ4n) is 2.09. The first kappa shape index (κ1) is 15.2. The lowest BCUT2D eigenvalue weighted by molar-refractivity contribution is -0.150. The van der Waals surface area contributed by atoms with Crippen molar-refractivity contribution in [3.8, 4) is 0 Å². The van der Waals surface area contributed by atoms with E-state index in [4.69, 9.17) is 0 Å². The minimum atomic E-state index is -1.04. The Morgan fingerprint density at radius 1 is 1.47 bits per heavy atom. The van der Waals surface area contributed by atoms with E-state index in [2.05, 4.69) is 4.98 Å². The first-order valence-electron chi connectivity index (χ1n) is 6.41. The molecule has 1 atom stereocenters. The van der Waals surface area contributed by atoms with Gasteiger partial charge in [-0.1, -0.05) is 6.92 Å². The van der Waals surface area contributed by atoms with Crippen LogP contribution in [0.5, 0.6) is 0 Å². The van der Waals surface area contributed by atoms with Gasteiger partial charge in [0.05, 0.1) is 18.2 Å². The van der Waals surface area contributed by atoms with Crippen molar-refractivity contribution in [2.45, 2.75) is 46.2 Å². The number of amides is 1. The highest BCUT2D eigenvalue weighted by Gasteiger charge is 2.31. The molecule has 1 unspecified atom stereocenters. The maximum absolute atomic E-state index is 11.7. The van der Waals surface area contributed by atoms with Gasteiger partial charge in [0.25, 0.3) is 0 Å². The molecule has 106 valence electrons. The topological polar surface area (TPSA) is 75.4 Å². The molecule has 0 aromatic carbocycles. The first-order valence-corrected chi connectivity index (χ1v) is 6.41. The van der Waals surface area contributed by atoms with E-state index in [1.165, 1.54) is 18.0 Å². The Hall–Kier alpha value is -1.85. The molecule has 0 saturated heterocycles. The van der Waals surface area contributed by atoms with Gasteiger partial charge in [0.2, 0.25) is 5.91 Å². The van der Waals surface area contributed by atoms with Gasteiger partial charge in [-0.3, -0.25) is 4.79 Å². The number of hydrogen-bond donors (Lipinski definition) is 1. The SMILES string of the molecule is CCCN(C(C)=O)C(C(=O)O)c1cncn1C(C)C. The second-order valence-electron chi connectivity index (χ2n) is 4.77. The van der Waals surface area contributed by atoms with Crippen LogP contribution >= 0.6 is 0 Å². The van der Waals surface area contributed by atoms with Crippen LogP contribution in [-0.2, 0) is 9.59 Å². The van der Waals surface area contributed by atoms with Gasteiger partial charge in [0, 0.05) is 19.5 Å². The van der Waals surface area contributed by atoms with Crippen LogP contribution in [0.15, 0.2) is 12.5 Å². The lowest BCUT2D eigenvalue weighted by Gasteiger charge is -2.28. The van der Waals surface area contributed by atoms with E-state index >= 15 is 0 Å². The van der Waals surface area contributed by atoms with Crippen LogP contribution in [0, 0.1) is 0 Å². The summed E-state index contributed by atoms with van der Waals surface area (Å²) in [5.74, 6) is -1.28. The molecular formula is C13H21N3O3. The number of nitrogens with zero attached hydrogens (tertiary/aromatic N) is 3. The Balaban J connectivity index is 3.22. The molecule has 0 aliphatic heterocycles. The monoisotopic (exact) mass is 267 g/mol. The molecule has 1 heterocycles. The van der Waals surface area contributed by atoms with Gasteiger partial charge in [0.15, 0.2) is 6.04 Å². The Kier molecular flexibility index (Phi) is 5.09. The molecule has 0 aliphatic rings. The van der Waals surface area contributed by atoms with Crippen molar-refractivity contribution in [1.82, 2.24) is 14.5 Å². The van der Waals surface area contributed by atoms with Crippen LogP contribution in [0.25, 0.3) is 0 Å². The molecule has 0 radical (unpaired) electrons. The second kappa shape index (κ2) is 6.36. The summed E-state index contributed by atoms with van der Waals surface area (Å²) in [5, 5.41) is 9.46. The predicted molar refractivity (Wildman–Crippen MR) is 70.7 cm³/mol. The van der Waals surface area contributed by atoms with Crippen molar-refractivity contribution in [2.75, 3.05) is 6.54 Å². The Labute approximate surface area is 113 Å². The Morgan fingerprint density at radius 2 is 2.11 bits per heavy atom. The normalized spacial score (nSPS) is 12.5. The van der Waals surface area contributed by atoms with Crippen LogP contribution in [0.2, 0.25) is 0 Å². The zero-order valence-corrected chi connectivity index (χ0v) is 11.8. The number of aromatic nitrogens is 2. The van der Waals surface area contributed by atoms with E-state index in [1.54, 1.807) is 10.9 Å². The van der Waals surface area contributed by atoms with Crippen LogP contribution < -0.4 is 0 Å². The molecule has 1 aromatic heterocycles. The standard InChI is InChI=1S/C13H21N3O3/c1-5-6-15(10(4)17)12(13(18)19)11-7-14-8-16(11)9(2)3/h7-9,12H,5-6H2,1-4H3,(H,18,19). The Bertz CT molecular complexity index is 454. The lowest BCUT2D eigenvalue weighted by Crippen LogP contribution is -2.39. The van der Waals surface area contributed by atoms with Crippen LogP contribution in [0.1, 0.15) is 51.9 Å². The number of aliphatic carboxylic acids is 1. The number of imidazole rings is 1. The average molecular weight is 267 g/mol. The van der Waals surface area contributed by atoms with Crippen LogP contribution in [0.3, 0.4) is 0 Å². The number of carbonyl (C=O) groups excluding carboxylic acids is 1. The molecule has 6 heteroatoms. The average Bonchev–Trinajstić information content (AvgIpc) is 2.76. The fraction of sp³-hybridized carbons (Fsp3) is 0.615. The molecule has 0 aliphatic carbocycles. The zero-order valence-electron chi connectivity index (χ0n) is 11.8. The maximum atomic E-state index is 11.7. The van der Waals surface area contributed by atoms with E-state index in [-0.39, 0.29) is 11.9 Å². The van der Waals surface area contributed by atoms with Crippen molar-refractivity contribution < 1.29 is 14.7 Å². The van der Waals surface area contributed by atoms with Crippen LogP contribution in [0.4, 0.5) is 0 Å². The highest BCUT2D eigenvalue weighted by atomic mass is 16.4. The van der Waals surface area contributed by atoms with Crippen molar-refractivity contribution in [3.05, 3.63) is 18.2 Å². The third kappa shape index (κ3) is 3.33. The summed E-state index contributed by atoms with van der Waals surface area (Å²) in [5.41, 5.74) is 0.533. The third-order valence-electron chi connectivity index (χ3n) is 2.95. The largest absolute Gasteiger partial charge is 0.479 e. The number of carbonyl (C=O) groups is 2. The molecular weight excluding hydrogens is 246 g/mol. The molecule has 0 fully saturated rings. The van der Waals surface area contributed by atoms with E-state index in [1.807, 2.05) is 20.8 Å². The van der Waals surface area contributed by atoms with E-state index in [0.29, 0.717) is 18.7 Å². The van der Waals surface area contributed by atoms with E-state index in [9.17, 15) is 14.7 Å².